The molecule has 10 nitrogen and oxygen atoms in total. The number of aliphatic carboxylic acids is 2. The Bertz CT molecular complexity index is 2670. The van der Waals surface area contributed by atoms with Crippen molar-refractivity contribution in [1.82, 2.24) is 9.97 Å². The monoisotopic (exact) mass is 958 g/mol. The summed E-state index contributed by atoms with van der Waals surface area (Å²) in [6.07, 6.45) is -7.48. The third-order valence-electron chi connectivity index (χ3n) is 9.92. The first-order valence-electron chi connectivity index (χ1n) is 20.2. The second-order valence-corrected chi connectivity index (χ2v) is 18.8. The summed E-state index contributed by atoms with van der Waals surface area (Å²) < 4.78 is 100. The van der Waals surface area contributed by atoms with Crippen molar-refractivity contribution in [2.75, 3.05) is 0 Å². The van der Waals surface area contributed by atoms with Gasteiger partial charge in [0.25, 0.3) is 0 Å². The molecule has 2 heterocycles. The van der Waals surface area contributed by atoms with Crippen molar-refractivity contribution < 1.29 is 65.1 Å². The highest BCUT2D eigenvalue weighted by atomic mass is 32.1. The Morgan fingerprint density at radius 1 is 0.606 bits per heavy atom. The molecular formula is C48H48F6N2O8S2. The number of halogens is 6. The van der Waals surface area contributed by atoms with Gasteiger partial charge in [0, 0.05) is 17.3 Å². The van der Waals surface area contributed by atoms with Gasteiger partial charge < -0.3 is 29.2 Å². The van der Waals surface area contributed by atoms with Gasteiger partial charge in [-0.2, -0.15) is 26.3 Å². The first kappa shape index (κ1) is 50.9. The smallest absolute Gasteiger partial charge is 0.416 e. The topological polar surface area (TPSA) is 137 Å². The minimum atomic E-state index is -4.39. The normalized spacial score (nSPS) is 12.7. The number of nitrogens with zero attached hydrogens (tertiary/aromatic N) is 2. The second kappa shape index (κ2) is 19.4. The highest BCUT2D eigenvalue weighted by molar-refractivity contribution is 7.15. The van der Waals surface area contributed by atoms with Crippen LogP contribution in [0.25, 0.3) is 21.1 Å². The van der Waals surface area contributed by atoms with Crippen LogP contribution in [0, 0.1) is 20.8 Å². The fourth-order valence-corrected chi connectivity index (χ4v) is 8.15. The maximum absolute atomic E-state index is 12.9. The van der Waals surface area contributed by atoms with Crippen LogP contribution in [0.5, 0.6) is 23.0 Å². The van der Waals surface area contributed by atoms with Crippen LogP contribution in [-0.4, -0.2) is 43.3 Å². The van der Waals surface area contributed by atoms with Crippen LogP contribution in [-0.2, 0) is 27.5 Å². The predicted octanol–water partition coefficient (Wildman–Crippen LogP) is 13.5. The van der Waals surface area contributed by atoms with Gasteiger partial charge in [-0.05, 0) is 141 Å². The molecule has 0 amide bonds. The molecular weight excluding hydrogens is 911 g/mol. The van der Waals surface area contributed by atoms with Gasteiger partial charge in [0.2, 0.25) is 0 Å². The fourth-order valence-electron chi connectivity index (χ4n) is 6.14. The molecule has 18 heteroatoms. The average molecular weight is 959 g/mol. The number of carboxylic acids is 2. The molecule has 4 aromatic carbocycles. The lowest BCUT2D eigenvalue weighted by Gasteiger charge is -2.27. The first-order valence-corrected chi connectivity index (χ1v) is 21.8. The van der Waals surface area contributed by atoms with Crippen LogP contribution < -0.4 is 18.9 Å². The van der Waals surface area contributed by atoms with E-state index >= 15 is 0 Å². The number of rotatable bonds is 14. The predicted molar refractivity (Wildman–Crippen MR) is 240 cm³/mol. The summed E-state index contributed by atoms with van der Waals surface area (Å²) >= 11 is 2.70. The third-order valence-corrected chi connectivity index (χ3v) is 12.6. The molecule has 1 unspecified atom stereocenters. The fraction of sp³-hybridized carbons (Fsp3) is 0.333. The van der Waals surface area contributed by atoms with E-state index in [1.54, 1.807) is 56.4 Å². The molecule has 66 heavy (non-hydrogen) atoms. The number of ether oxygens (including phenoxy) is 4. The van der Waals surface area contributed by atoms with Crippen LogP contribution in [0.3, 0.4) is 0 Å². The van der Waals surface area contributed by atoms with Crippen LogP contribution in [0.1, 0.15) is 92.3 Å². The molecule has 0 aliphatic rings. The Morgan fingerprint density at radius 2 is 1.05 bits per heavy atom. The Labute approximate surface area is 385 Å². The lowest BCUT2D eigenvalue weighted by molar-refractivity contribution is -0.152. The van der Waals surface area contributed by atoms with Crippen LogP contribution in [0.2, 0.25) is 0 Å². The zero-order valence-corrected chi connectivity index (χ0v) is 39.2. The lowest BCUT2D eigenvalue weighted by atomic mass is 10.1. The number of hydrogen-bond donors (Lipinski definition) is 2. The Hall–Kier alpha value is -6.14. The van der Waals surface area contributed by atoms with Gasteiger partial charge in [0.1, 0.15) is 44.7 Å². The minimum absolute atomic E-state index is 0.350. The van der Waals surface area contributed by atoms with Gasteiger partial charge >= 0.3 is 24.3 Å². The summed E-state index contributed by atoms with van der Waals surface area (Å²) in [4.78, 5) is 33.1. The second-order valence-electron chi connectivity index (χ2n) is 16.7. The van der Waals surface area contributed by atoms with Crippen LogP contribution >= 0.6 is 22.7 Å². The van der Waals surface area contributed by atoms with Gasteiger partial charge in [0.15, 0.2) is 11.2 Å². The van der Waals surface area contributed by atoms with Gasteiger partial charge in [-0.1, -0.05) is 24.3 Å². The lowest BCUT2D eigenvalue weighted by Crippen LogP contribution is -2.38. The largest absolute Gasteiger partial charge is 0.485 e. The number of carbonyl (C=O) groups is 2. The number of hydrogen-bond acceptors (Lipinski definition) is 10. The summed E-state index contributed by atoms with van der Waals surface area (Å²) in [6.45, 7) is 16.9. The number of alkyl halides is 6. The maximum atomic E-state index is 12.9. The van der Waals surface area contributed by atoms with Gasteiger partial charge in [0.05, 0.1) is 26.6 Å². The standard InChI is InChI=1S/C25H26F3NO4S.C23H22F3NO4S/c1-14-13-18(11-12-19(14)33-24(5,6)22(30)31)32-23(3,4)20-15(2)29-21(34-20)16-7-9-17(10-8-16)25(26,27)28;1-13-11-17(9-10-18(13)31-22(3,4)21(28)29)30-14(2)19-12-27-20(32-19)15-5-7-16(8-6-15)23(24,25)26/h7-13H,1-6H3,(H,30,31);5-12,14H,1-4H3,(H,28,29). The molecule has 0 radical (unpaired) electrons. The van der Waals surface area contributed by atoms with Crippen molar-refractivity contribution in [3.8, 4) is 44.1 Å². The molecule has 0 saturated carbocycles. The van der Waals surface area contributed by atoms with Gasteiger partial charge in [-0.25, -0.2) is 19.6 Å². The van der Waals surface area contributed by atoms with Crippen molar-refractivity contribution in [1.29, 1.82) is 0 Å². The number of carboxylic acid groups (broad SMARTS) is 2. The van der Waals surface area contributed by atoms with Crippen LogP contribution in [0.15, 0.2) is 91.1 Å². The summed E-state index contributed by atoms with van der Waals surface area (Å²) in [5, 5.41) is 19.7. The number of thiazole rings is 2. The van der Waals surface area contributed by atoms with E-state index in [1.807, 2.05) is 27.7 Å². The van der Waals surface area contributed by atoms with Crippen molar-refractivity contribution in [3.63, 3.8) is 0 Å². The van der Waals surface area contributed by atoms with E-state index in [0.717, 1.165) is 45.3 Å². The molecule has 0 aliphatic carbocycles. The molecule has 6 aromatic rings. The number of aromatic nitrogens is 2. The van der Waals surface area contributed by atoms with E-state index < -0.39 is 52.2 Å². The Morgan fingerprint density at radius 3 is 1.48 bits per heavy atom. The third kappa shape index (κ3) is 12.6. The van der Waals surface area contributed by atoms with Crippen LogP contribution in [0.4, 0.5) is 26.3 Å². The zero-order valence-electron chi connectivity index (χ0n) is 37.6. The molecule has 352 valence electrons. The van der Waals surface area contributed by atoms with E-state index in [1.165, 1.54) is 74.6 Å². The van der Waals surface area contributed by atoms with Gasteiger partial charge in [-0.15, -0.1) is 22.7 Å². The highest BCUT2D eigenvalue weighted by Gasteiger charge is 2.34. The van der Waals surface area contributed by atoms with Crippen molar-refractivity contribution in [2.24, 2.45) is 0 Å². The molecule has 0 fully saturated rings. The molecule has 0 bridgehead atoms. The summed E-state index contributed by atoms with van der Waals surface area (Å²) in [5.41, 5.74) is -1.56. The van der Waals surface area contributed by atoms with E-state index in [4.69, 9.17) is 18.9 Å². The first-order chi connectivity index (χ1) is 30.5. The molecule has 0 aliphatic heterocycles. The van der Waals surface area contributed by atoms with E-state index in [2.05, 4.69) is 9.97 Å². The summed E-state index contributed by atoms with van der Waals surface area (Å²) in [7, 11) is 0. The SMILES string of the molecule is Cc1cc(OC(C)(C)c2sc(-c3ccc(C(F)(F)F)cc3)nc2C)ccc1OC(C)(C)C(=O)O.Cc1cc(OC(C)c2cnc(-c3ccc(C(F)(F)F)cc3)s2)ccc1OC(C)(C)C(=O)O. The van der Waals surface area contributed by atoms with Gasteiger partial charge in [-0.3, -0.25) is 0 Å². The summed E-state index contributed by atoms with van der Waals surface area (Å²) in [5.74, 6) is -0.125. The Kier molecular flexibility index (Phi) is 14.9. The molecule has 6 rings (SSSR count). The minimum Gasteiger partial charge on any atom is -0.485 e. The number of benzene rings is 4. The molecule has 0 saturated heterocycles. The molecule has 0 spiro atoms. The van der Waals surface area contributed by atoms with E-state index in [0.29, 0.717) is 49.7 Å². The van der Waals surface area contributed by atoms with E-state index in [9.17, 15) is 46.1 Å². The molecule has 2 N–H and O–H groups in total. The van der Waals surface area contributed by atoms with Crippen molar-refractivity contribution in [3.05, 3.63) is 129 Å². The molecule has 2 aromatic heterocycles. The molecule has 1 atom stereocenters. The number of aryl methyl sites for hydroxylation is 3. The zero-order chi connectivity index (χ0) is 49.2. The summed E-state index contributed by atoms with van der Waals surface area (Å²) in [6, 6.07) is 20.0. The average Bonchev–Trinajstić information content (AvgIpc) is 3.88. The maximum Gasteiger partial charge on any atom is 0.416 e. The Balaban J connectivity index is 0.000000248. The highest BCUT2D eigenvalue weighted by Crippen LogP contribution is 2.40. The van der Waals surface area contributed by atoms with E-state index in [-0.39, 0.29) is 6.10 Å². The van der Waals surface area contributed by atoms with Crippen molar-refractivity contribution >= 4 is 34.6 Å². The quantitative estimate of drug-likeness (QED) is 0.102. The van der Waals surface area contributed by atoms with Crippen molar-refractivity contribution in [2.45, 2.75) is 104 Å².